The molecule has 1 saturated heterocycles. The first-order valence-electron chi connectivity index (χ1n) is 5.62. The zero-order valence-electron chi connectivity index (χ0n) is 9.26. The van der Waals surface area contributed by atoms with E-state index in [0.717, 1.165) is 24.0 Å². The van der Waals surface area contributed by atoms with Crippen LogP contribution in [0.5, 0.6) is 0 Å². The van der Waals surface area contributed by atoms with Crippen molar-refractivity contribution in [1.82, 2.24) is 15.0 Å². The van der Waals surface area contributed by atoms with Crippen molar-refractivity contribution in [2.75, 3.05) is 12.0 Å². The van der Waals surface area contributed by atoms with Crippen molar-refractivity contribution in [1.29, 1.82) is 0 Å². The Morgan fingerprint density at radius 1 is 1.24 bits per heavy atom. The number of rotatable bonds is 2. The molecule has 0 bridgehead atoms. The molecular weight excluding hydrogens is 216 g/mol. The van der Waals surface area contributed by atoms with Gasteiger partial charge in [0.1, 0.15) is 0 Å². The summed E-state index contributed by atoms with van der Waals surface area (Å²) in [4.78, 5) is 20.1. The summed E-state index contributed by atoms with van der Waals surface area (Å²) in [5, 5.41) is 1.60. The third-order valence-corrected chi connectivity index (χ3v) is 2.77. The van der Waals surface area contributed by atoms with Crippen molar-refractivity contribution in [3.63, 3.8) is 0 Å². The molecule has 1 amide bonds. The molecule has 0 radical (unpaired) electrons. The third-order valence-electron chi connectivity index (χ3n) is 2.77. The molecule has 17 heavy (non-hydrogen) atoms. The van der Waals surface area contributed by atoms with Gasteiger partial charge in [-0.25, -0.2) is 4.98 Å². The van der Waals surface area contributed by atoms with Crippen LogP contribution in [0.1, 0.15) is 12.8 Å². The van der Waals surface area contributed by atoms with E-state index in [4.69, 9.17) is 0 Å². The molecule has 0 aliphatic carbocycles. The lowest BCUT2D eigenvalue weighted by Gasteiger charge is -2.17. The maximum absolute atomic E-state index is 11.5. The molecule has 0 atom stereocenters. The quantitative estimate of drug-likeness (QED) is 0.847. The van der Waals surface area contributed by atoms with Gasteiger partial charge in [0.05, 0.1) is 17.2 Å². The lowest BCUT2D eigenvalue weighted by Crippen LogP contribution is -2.31. The number of hydrogen-bond donors (Lipinski definition) is 1. The second kappa shape index (κ2) is 4.01. The summed E-state index contributed by atoms with van der Waals surface area (Å²) < 4.78 is 0. The zero-order chi connectivity index (χ0) is 11.7. The van der Waals surface area contributed by atoms with Gasteiger partial charge in [-0.2, -0.15) is 0 Å². The molecule has 0 unspecified atom stereocenters. The van der Waals surface area contributed by atoms with Crippen molar-refractivity contribution in [3.8, 4) is 0 Å². The Morgan fingerprint density at radius 2 is 2.06 bits per heavy atom. The van der Waals surface area contributed by atoms with Gasteiger partial charge in [0.15, 0.2) is 5.82 Å². The third kappa shape index (κ3) is 1.91. The molecule has 2 aromatic rings. The number of nitrogens with one attached hydrogen (secondary N) is 1. The van der Waals surface area contributed by atoms with Crippen LogP contribution in [0.15, 0.2) is 30.5 Å². The van der Waals surface area contributed by atoms with Crippen molar-refractivity contribution in [2.24, 2.45) is 0 Å². The van der Waals surface area contributed by atoms with E-state index < -0.39 is 0 Å². The van der Waals surface area contributed by atoms with E-state index in [0.29, 0.717) is 12.2 Å². The highest BCUT2D eigenvalue weighted by Crippen LogP contribution is 2.14. The maximum Gasteiger partial charge on any atom is 0.241 e. The van der Waals surface area contributed by atoms with Crippen LogP contribution in [-0.2, 0) is 4.79 Å². The van der Waals surface area contributed by atoms with Crippen molar-refractivity contribution in [2.45, 2.75) is 12.8 Å². The lowest BCUT2D eigenvalue weighted by molar-refractivity contribution is -0.126. The van der Waals surface area contributed by atoms with E-state index in [1.165, 1.54) is 0 Å². The number of para-hydroxylation sites is 2. The Balaban J connectivity index is 1.88. The monoisotopic (exact) mass is 228 g/mol. The smallest absolute Gasteiger partial charge is 0.241 e. The Kier molecular flexibility index (Phi) is 2.36. The molecule has 86 valence electrons. The number of hydrogen-bond acceptors (Lipinski definition) is 4. The summed E-state index contributed by atoms with van der Waals surface area (Å²) in [5.41, 5.74) is 4.67. The van der Waals surface area contributed by atoms with Gasteiger partial charge in [0.2, 0.25) is 5.91 Å². The number of nitrogens with zero attached hydrogens (tertiary/aromatic N) is 3. The summed E-state index contributed by atoms with van der Waals surface area (Å²) in [5.74, 6) is 0.721. The number of carbonyl (C=O) groups excluding carboxylic acids is 1. The molecule has 1 aromatic carbocycles. The minimum atomic E-state index is 0.111. The number of hydrazine groups is 1. The fourth-order valence-corrected chi connectivity index (χ4v) is 1.92. The summed E-state index contributed by atoms with van der Waals surface area (Å²) in [6.45, 7) is 0.730. The van der Waals surface area contributed by atoms with Gasteiger partial charge < -0.3 is 0 Å². The van der Waals surface area contributed by atoms with Crippen molar-refractivity contribution < 1.29 is 4.79 Å². The second-order valence-electron chi connectivity index (χ2n) is 4.00. The van der Waals surface area contributed by atoms with Crippen molar-refractivity contribution in [3.05, 3.63) is 30.5 Å². The molecule has 1 N–H and O–H groups in total. The van der Waals surface area contributed by atoms with Crippen LogP contribution in [0.2, 0.25) is 0 Å². The van der Waals surface area contributed by atoms with Gasteiger partial charge in [-0.1, -0.05) is 12.1 Å². The number of benzene rings is 1. The Morgan fingerprint density at radius 3 is 2.82 bits per heavy atom. The highest BCUT2D eigenvalue weighted by Gasteiger charge is 2.20. The van der Waals surface area contributed by atoms with Gasteiger partial charge in [-0.15, -0.1) is 0 Å². The van der Waals surface area contributed by atoms with Crippen LogP contribution in [0, 0.1) is 0 Å². The predicted octanol–water partition coefficient (Wildman–Crippen LogP) is 1.58. The zero-order valence-corrected chi connectivity index (χ0v) is 9.26. The highest BCUT2D eigenvalue weighted by atomic mass is 16.2. The molecule has 1 aliphatic rings. The number of fused-ring (bicyclic) bond motifs is 1. The first-order chi connectivity index (χ1) is 8.33. The molecule has 5 nitrogen and oxygen atoms in total. The summed E-state index contributed by atoms with van der Waals surface area (Å²) in [7, 11) is 0. The Hall–Kier alpha value is -2.17. The predicted molar refractivity (Wildman–Crippen MR) is 64.1 cm³/mol. The first-order valence-corrected chi connectivity index (χ1v) is 5.62. The molecule has 0 saturated carbocycles. The molecular formula is C12H12N4O. The minimum Gasteiger partial charge on any atom is -0.278 e. The first kappa shape index (κ1) is 10.0. The number of carbonyl (C=O) groups is 1. The van der Waals surface area contributed by atoms with E-state index in [1.807, 2.05) is 24.3 Å². The highest BCUT2D eigenvalue weighted by molar-refractivity contribution is 5.80. The minimum absolute atomic E-state index is 0.111. The van der Waals surface area contributed by atoms with Crippen LogP contribution >= 0.6 is 0 Å². The fraction of sp³-hybridized carbons (Fsp3) is 0.250. The van der Waals surface area contributed by atoms with Gasteiger partial charge in [0.25, 0.3) is 0 Å². The van der Waals surface area contributed by atoms with E-state index >= 15 is 0 Å². The fourth-order valence-electron chi connectivity index (χ4n) is 1.92. The maximum atomic E-state index is 11.5. The average molecular weight is 228 g/mol. The molecule has 1 fully saturated rings. The standard InChI is InChI=1S/C12H12N4O/c17-12-6-3-7-16(12)15-11-8-13-9-4-1-2-5-10(9)14-11/h1-2,4-5,8H,3,6-7H2,(H,14,15). The molecule has 1 aromatic heterocycles. The molecule has 1 aliphatic heterocycles. The molecule has 2 heterocycles. The normalized spacial score (nSPS) is 15.5. The Labute approximate surface area is 98.4 Å². The van der Waals surface area contributed by atoms with Gasteiger partial charge in [-0.3, -0.25) is 20.2 Å². The largest absolute Gasteiger partial charge is 0.278 e. The molecule has 0 spiro atoms. The van der Waals surface area contributed by atoms with Crippen LogP contribution in [0.4, 0.5) is 5.82 Å². The molecule has 3 rings (SSSR count). The van der Waals surface area contributed by atoms with Crippen LogP contribution < -0.4 is 5.43 Å². The van der Waals surface area contributed by atoms with Crippen LogP contribution in [0.25, 0.3) is 11.0 Å². The number of anilines is 1. The van der Waals surface area contributed by atoms with E-state index in [2.05, 4.69) is 15.4 Å². The number of aromatic nitrogens is 2. The molecule has 5 heteroatoms. The summed E-state index contributed by atoms with van der Waals surface area (Å²) in [6.07, 6.45) is 3.15. The summed E-state index contributed by atoms with van der Waals surface area (Å²) >= 11 is 0. The SMILES string of the molecule is O=C1CCCN1Nc1cnc2ccccc2n1. The number of amides is 1. The van der Waals surface area contributed by atoms with Gasteiger partial charge >= 0.3 is 0 Å². The second-order valence-corrected chi connectivity index (χ2v) is 4.00. The van der Waals surface area contributed by atoms with Crippen LogP contribution in [0.3, 0.4) is 0 Å². The van der Waals surface area contributed by atoms with Gasteiger partial charge in [-0.05, 0) is 18.6 Å². The lowest BCUT2D eigenvalue weighted by atomic mass is 10.3. The van der Waals surface area contributed by atoms with Crippen LogP contribution in [-0.4, -0.2) is 27.4 Å². The summed E-state index contributed by atoms with van der Waals surface area (Å²) in [6, 6.07) is 7.66. The average Bonchev–Trinajstić information content (AvgIpc) is 2.75. The van der Waals surface area contributed by atoms with Crippen molar-refractivity contribution >= 4 is 22.8 Å². The van der Waals surface area contributed by atoms with Gasteiger partial charge in [0, 0.05) is 13.0 Å². The topological polar surface area (TPSA) is 58.1 Å². The Bertz CT molecular complexity index is 569. The van der Waals surface area contributed by atoms with E-state index in [9.17, 15) is 4.79 Å². The van der Waals surface area contributed by atoms with E-state index in [1.54, 1.807) is 11.2 Å². The van der Waals surface area contributed by atoms with E-state index in [-0.39, 0.29) is 5.91 Å².